The lowest BCUT2D eigenvalue weighted by Crippen LogP contribution is -2.41. The van der Waals surface area contributed by atoms with Crippen LogP contribution in [0.5, 0.6) is 0 Å². The number of alkyl halides is 3. The second-order valence-corrected chi connectivity index (χ2v) is 10.1. The van der Waals surface area contributed by atoms with Crippen LogP contribution in [-0.4, -0.2) is 57.2 Å². The first-order valence-corrected chi connectivity index (χ1v) is 11.6. The van der Waals surface area contributed by atoms with Gasteiger partial charge in [-0.3, -0.25) is 9.89 Å². The molecule has 3 heterocycles. The van der Waals surface area contributed by atoms with Gasteiger partial charge in [-0.05, 0) is 57.6 Å². The highest BCUT2D eigenvalue weighted by Gasteiger charge is 2.40. The Morgan fingerprint density at radius 2 is 1.72 bits per heavy atom. The van der Waals surface area contributed by atoms with Crippen LogP contribution in [0.25, 0.3) is 0 Å². The summed E-state index contributed by atoms with van der Waals surface area (Å²) in [5.74, 6) is -3.83. The predicted molar refractivity (Wildman–Crippen MR) is 118 cm³/mol. The SMILES string of the molecule is CC(C)(C)OC(=O)N1CCc2c(C(=O)N3CCC(c4cc(F)cc(F)c4C(F)(F)F)CC3)n[nH]c2C1. The van der Waals surface area contributed by atoms with Crippen molar-refractivity contribution in [1.29, 1.82) is 0 Å². The van der Waals surface area contributed by atoms with Crippen LogP contribution >= 0.6 is 0 Å². The number of halogens is 5. The molecule has 0 unspecified atom stereocenters. The number of piperidine rings is 1. The Hall–Kier alpha value is -3.18. The van der Waals surface area contributed by atoms with E-state index in [0.29, 0.717) is 24.2 Å². The third-order valence-corrected chi connectivity index (χ3v) is 6.38. The predicted octanol–water partition coefficient (Wildman–Crippen LogP) is 5.02. The van der Waals surface area contributed by atoms with E-state index in [1.54, 1.807) is 20.8 Å². The van der Waals surface area contributed by atoms with Crippen molar-refractivity contribution in [1.82, 2.24) is 20.0 Å². The highest BCUT2D eigenvalue weighted by atomic mass is 19.4. The number of nitrogens with zero attached hydrogens (tertiary/aromatic N) is 3. The average molecular weight is 514 g/mol. The zero-order chi connectivity index (χ0) is 26.4. The number of H-pyrrole nitrogens is 1. The van der Waals surface area contributed by atoms with E-state index < -0.39 is 46.5 Å². The lowest BCUT2D eigenvalue weighted by molar-refractivity contribution is -0.141. The van der Waals surface area contributed by atoms with Gasteiger partial charge in [0.05, 0.1) is 17.8 Å². The first kappa shape index (κ1) is 25.9. The summed E-state index contributed by atoms with van der Waals surface area (Å²) in [5, 5.41) is 6.95. The van der Waals surface area contributed by atoms with Gasteiger partial charge >= 0.3 is 12.3 Å². The maximum atomic E-state index is 14.0. The number of aromatic amines is 1. The molecule has 2 aliphatic rings. The quantitative estimate of drug-likeness (QED) is 0.571. The Morgan fingerprint density at radius 1 is 1.06 bits per heavy atom. The minimum Gasteiger partial charge on any atom is -0.444 e. The van der Waals surface area contributed by atoms with Gasteiger partial charge in [0, 0.05) is 31.3 Å². The van der Waals surface area contributed by atoms with E-state index in [9.17, 15) is 31.5 Å². The molecule has 1 N–H and O–H groups in total. The van der Waals surface area contributed by atoms with Crippen molar-refractivity contribution in [3.8, 4) is 0 Å². The third-order valence-electron chi connectivity index (χ3n) is 6.38. The smallest absolute Gasteiger partial charge is 0.419 e. The normalized spacial score (nSPS) is 17.2. The number of ether oxygens (including phenoxy) is 1. The van der Waals surface area contributed by atoms with Gasteiger partial charge in [-0.25, -0.2) is 13.6 Å². The number of hydrogen-bond donors (Lipinski definition) is 1. The van der Waals surface area contributed by atoms with Crippen LogP contribution in [0, 0.1) is 11.6 Å². The second kappa shape index (κ2) is 9.36. The molecule has 36 heavy (non-hydrogen) atoms. The van der Waals surface area contributed by atoms with Crippen LogP contribution in [0.1, 0.15) is 72.4 Å². The van der Waals surface area contributed by atoms with Crippen LogP contribution in [0.15, 0.2) is 12.1 Å². The van der Waals surface area contributed by atoms with Crippen LogP contribution < -0.4 is 0 Å². The lowest BCUT2D eigenvalue weighted by atomic mass is 9.85. The van der Waals surface area contributed by atoms with Crippen LogP contribution in [0.3, 0.4) is 0 Å². The first-order valence-electron chi connectivity index (χ1n) is 11.6. The molecule has 1 fully saturated rings. The van der Waals surface area contributed by atoms with Crippen LogP contribution in [0.2, 0.25) is 0 Å². The number of rotatable bonds is 2. The molecule has 1 aromatic heterocycles. The number of carbonyl (C=O) groups excluding carboxylic acids is 2. The van der Waals surface area contributed by atoms with Gasteiger partial charge in [0.1, 0.15) is 17.2 Å². The summed E-state index contributed by atoms with van der Waals surface area (Å²) in [6.07, 6.45) is -4.79. The van der Waals surface area contributed by atoms with Gasteiger partial charge < -0.3 is 14.5 Å². The standard InChI is InChI=1S/C24H27F5N4O3/c1-23(2,3)36-22(35)33-9-6-15-18(12-33)30-31-20(15)21(34)32-7-4-13(5-8-32)16-10-14(25)11-17(26)19(16)24(27,28)29/h10-11,13H,4-9,12H2,1-3H3,(H,30,31). The van der Waals surface area contributed by atoms with E-state index in [1.165, 1.54) is 9.80 Å². The number of likely N-dealkylation sites (tertiary alicyclic amines) is 1. The van der Waals surface area contributed by atoms with Gasteiger partial charge in [0.2, 0.25) is 0 Å². The summed E-state index contributed by atoms with van der Waals surface area (Å²) in [6.45, 7) is 6.09. The lowest BCUT2D eigenvalue weighted by Gasteiger charge is -2.33. The maximum Gasteiger partial charge on any atom is 0.419 e. The first-order chi connectivity index (χ1) is 16.7. The fourth-order valence-electron chi connectivity index (χ4n) is 4.74. The summed E-state index contributed by atoms with van der Waals surface area (Å²) in [7, 11) is 0. The molecule has 2 aliphatic heterocycles. The van der Waals surface area contributed by atoms with E-state index in [4.69, 9.17) is 4.74 Å². The Labute approximate surface area is 204 Å². The molecule has 7 nitrogen and oxygen atoms in total. The number of benzene rings is 1. The minimum absolute atomic E-state index is 0.116. The molecule has 1 saturated heterocycles. The van der Waals surface area contributed by atoms with Crippen LogP contribution in [-0.2, 0) is 23.9 Å². The number of fused-ring (bicyclic) bond motifs is 1. The Balaban J connectivity index is 1.44. The van der Waals surface area contributed by atoms with Crippen molar-refractivity contribution in [2.24, 2.45) is 0 Å². The topological polar surface area (TPSA) is 78.5 Å². The van der Waals surface area contributed by atoms with E-state index in [0.717, 1.165) is 6.07 Å². The zero-order valence-electron chi connectivity index (χ0n) is 20.1. The third kappa shape index (κ3) is 5.31. The molecule has 0 saturated carbocycles. The number of hydrogen-bond acceptors (Lipinski definition) is 4. The molecule has 4 rings (SSSR count). The molecule has 12 heteroatoms. The maximum absolute atomic E-state index is 14.0. The van der Waals surface area contributed by atoms with Gasteiger partial charge in [-0.2, -0.15) is 18.3 Å². The number of aromatic nitrogens is 2. The second-order valence-electron chi connectivity index (χ2n) is 10.1. The van der Waals surface area contributed by atoms with Gasteiger partial charge in [0.15, 0.2) is 5.69 Å². The molecule has 1 aromatic carbocycles. The summed E-state index contributed by atoms with van der Waals surface area (Å²) < 4.78 is 73.4. The molecule has 196 valence electrons. The number of nitrogens with one attached hydrogen (secondary N) is 1. The zero-order valence-corrected chi connectivity index (χ0v) is 20.1. The summed E-state index contributed by atoms with van der Waals surface area (Å²) >= 11 is 0. The molecular formula is C24H27F5N4O3. The van der Waals surface area contributed by atoms with Crippen molar-refractivity contribution in [3.05, 3.63) is 51.8 Å². The minimum atomic E-state index is -4.96. The fourth-order valence-corrected chi connectivity index (χ4v) is 4.74. The molecule has 0 aliphatic carbocycles. The summed E-state index contributed by atoms with van der Waals surface area (Å²) in [5.41, 5.74) is -1.00. The number of amides is 2. The van der Waals surface area contributed by atoms with E-state index in [1.807, 2.05) is 0 Å². The highest BCUT2D eigenvalue weighted by Crippen LogP contribution is 2.41. The Morgan fingerprint density at radius 3 is 2.33 bits per heavy atom. The summed E-state index contributed by atoms with van der Waals surface area (Å²) in [6, 6.07) is 0.963. The van der Waals surface area contributed by atoms with Gasteiger partial charge in [-0.15, -0.1) is 0 Å². The van der Waals surface area contributed by atoms with Crippen molar-refractivity contribution < 1.29 is 36.3 Å². The largest absolute Gasteiger partial charge is 0.444 e. The van der Waals surface area contributed by atoms with Crippen molar-refractivity contribution in [3.63, 3.8) is 0 Å². The Bertz CT molecular complexity index is 1160. The molecular weight excluding hydrogens is 487 g/mol. The highest BCUT2D eigenvalue weighted by molar-refractivity contribution is 5.94. The average Bonchev–Trinajstić information content (AvgIpc) is 3.19. The number of carbonyl (C=O) groups is 2. The van der Waals surface area contributed by atoms with Gasteiger partial charge in [-0.1, -0.05) is 0 Å². The summed E-state index contributed by atoms with van der Waals surface area (Å²) in [4.78, 5) is 28.5. The van der Waals surface area contributed by atoms with Crippen molar-refractivity contribution in [2.75, 3.05) is 19.6 Å². The Kier molecular flexibility index (Phi) is 6.74. The van der Waals surface area contributed by atoms with E-state index in [2.05, 4.69) is 10.2 Å². The fraction of sp³-hybridized carbons (Fsp3) is 0.542. The van der Waals surface area contributed by atoms with Gasteiger partial charge in [0.25, 0.3) is 5.91 Å². The van der Waals surface area contributed by atoms with Crippen molar-refractivity contribution >= 4 is 12.0 Å². The van der Waals surface area contributed by atoms with E-state index in [-0.39, 0.29) is 50.1 Å². The van der Waals surface area contributed by atoms with Crippen molar-refractivity contribution in [2.45, 2.75) is 64.3 Å². The molecule has 0 radical (unpaired) electrons. The van der Waals surface area contributed by atoms with Crippen LogP contribution in [0.4, 0.5) is 26.7 Å². The molecule has 0 atom stereocenters. The monoisotopic (exact) mass is 514 g/mol. The van der Waals surface area contributed by atoms with E-state index >= 15 is 0 Å². The molecule has 2 aromatic rings. The molecule has 0 spiro atoms. The molecule has 0 bridgehead atoms. The molecule has 2 amide bonds.